The minimum absolute atomic E-state index is 0.757. The molecule has 1 heterocycles. The number of rotatable bonds is 2. The summed E-state index contributed by atoms with van der Waals surface area (Å²) in [5, 5.41) is 0. The molecule has 0 N–H and O–H groups in total. The highest BCUT2D eigenvalue weighted by atomic mass is 14.6. The van der Waals surface area contributed by atoms with Gasteiger partial charge in [-0.1, -0.05) is 32.8 Å². The molecule has 0 saturated heterocycles. The van der Waals surface area contributed by atoms with E-state index >= 15 is 0 Å². The van der Waals surface area contributed by atoms with Gasteiger partial charge in [0.25, 0.3) is 0 Å². The van der Waals surface area contributed by atoms with Crippen molar-refractivity contribution >= 4 is 0 Å². The molecule has 0 aliphatic heterocycles. The van der Waals surface area contributed by atoms with Crippen LogP contribution in [-0.4, -0.2) is 4.98 Å². The summed E-state index contributed by atoms with van der Waals surface area (Å²) in [6.45, 7) is 4.72. The Morgan fingerprint density at radius 2 is 2.07 bits per heavy atom. The number of hydrogen-bond donors (Lipinski definition) is 0. The first-order chi connectivity index (χ1) is 7.29. The summed E-state index contributed by atoms with van der Waals surface area (Å²) in [4.78, 5) is 4.25. The summed E-state index contributed by atoms with van der Waals surface area (Å²) in [6, 6.07) is 4.32. The summed E-state index contributed by atoms with van der Waals surface area (Å²) in [5.74, 6) is 2.42. The van der Waals surface area contributed by atoms with E-state index in [9.17, 15) is 0 Å². The van der Waals surface area contributed by atoms with Crippen LogP contribution < -0.4 is 0 Å². The van der Waals surface area contributed by atoms with Crippen LogP contribution in [0.5, 0.6) is 0 Å². The highest BCUT2D eigenvalue weighted by molar-refractivity contribution is 5.16. The molecule has 1 aliphatic rings. The van der Waals surface area contributed by atoms with Crippen LogP contribution in [-0.2, 0) is 0 Å². The predicted molar refractivity (Wildman–Crippen MR) is 63.8 cm³/mol. The van der Waals surface area contributed by atoms with Crippen molar-refractivity contribution in [3.63, 3.8) is 0 Å². The lowest BCUT2D eigenvalue weighted by Gasteiger charge is -2.34. The molecule has 1 heteroatoms. The average Bonchev–Trinajstić information content (AvgIpc) is 2.30. The molecule has 1 aromatic heterocycles. The van der Waals surface area contributed by atoms with Crippen molar-refractivity contribution in [2.75, 3.05) is 0 Å². The molecule has 2 atom stereocenters. The van der Waals surface area contributed by atoms with Gasteiger partial charge in [-0.25, -0.2) is 0 Å². The van der Waals surface area contributed by atoms with Crippen LogP contribution in [0.15, 0.2) is 24.5 Å². The Labute approximate surface area is 92.9 Å². The quantitative estimate of drug-likeness (QED) is 0.707. The molecule has 82 valence electrons. The van der Waals surface area contributed by atoms with Gasteiger partial charge in [0, 0.05) is 12.4 Å². The predicted octanol–water partition coefficient (Wildman–Crippen LogP) is 4.01. The molecule has 0 unspecified atom stereocenters. The third-order valence-electron chi connectivity index (χ3n) is 3.79. The van der Waals surface area contributed by atoms with E-state index in [1.54, 1.807) is 0 Å². The molecule has 0 spiro atoms. The van der Waals surface area contributed by atoms with Gasteiger partial charge in [0.2, 0.25) is 0 Å². The van der Waals surface area contributed by atoms with E-state index in [0.29, 0.717) is 0 Å². The Kier molecular flexibility index (Phi) is 3.40. The molecule has 0 bridgehead atoms. The van der Waals surface area contributed by atoms with Crippen molar-refractivity contribution in [1.29, 1.82) is 0 Å². The van der Waals surface area contributed by atoms with Crippen molar-refractivity contribution < 1.29 is 0 Å². The van der Waals surface area contributed by atoms with Crippen LogP contribution in [0.2, 0.25) is 0 Å². The van der Waals surface area contributed by atoms with Crippen molar-refractivity contribution in [1.82, 2.24) is 4.98 Å². The van der Waals surface area contributed by atoms with Crippen LogP contribution in [0.4, 0.5) is 0 Å². The zero-order valence-electron chi connectivity index (χ0n) is 9.82. The van der Waals surface area contributed by atoms with Gasteiger partial charge in [-0.15, -0.1) is 0 Å². The number of hydrogen-bond acceptors (Lipinski definition) is 1. The third kappa shape index (κ3) is 2.39. The zero-order valence-corrected chi connectivity index (χ0v) is 9.82. The fraction of sp³-hybridized carbons (Fsp3) is 0.643. The Morgan fingerprint density at radius 1 is 1.27 bits per heavy atom. The van der Waals surface area contributed by atoms with Crippen LogP contribution in [0.25, 0.3) is 0 Å². The molecule has 1 nitrogen and oxygen atoms in total. The largest absolute Gasteiger partial charge is 0.264 e. The van der Waals surface area contributed by atoms with Crippen LogP contribution in [0, 0.1) is 11.8 Å². The second-order valence-electron chi connectivity index (χ2n) is 5.09. The Hall–Kier alpha value is -0.850. The second-order valence-corrected chi connectivity index (χ2v) is 5.09. The van der Waals surface area contributed by atoms with E-state index < -0.39 is 0 Å². The third-order valence-corrected chi connectivity index (χ3v) is 3.79. The maximum Gasteiger partial charge on any atom is 0.0302 e. The molecule has 15 heavy (non-hydrogen) atoms. The summed E-state index contributed by atoms with van der Waals surface area (Å²) in [6.07, 6.45) is 9.50. The van der Waals surface area contributed by atoms with Gasteiger partial charge in [-0.05, 0) is 42.2 Å². The maximum atomic E-state index is 4.25. The van der Waals surface area contributed by atoms with Crippen molar-refractivity contribution in [2.45, 2.75) is 45.4 Å². The molecule has 2 rings (SSSR count). The van der Waals surface area contributed by atoms with E-state index in [4.69, 9.17) is 0 Å². The van der Waals surface area contributed by atoms with Gasteiger partial charge in [0.05, 0.1) is 0 Å². The standard InChI is InChI=1S/C14H21N/c1-11(2)13-7-3-4-8-14(13)12-6-5-9-15-10-12/h5-6,9-11,13-14H,3-4,7-8H2,1-2H3/t13-,14-/m0/s1. The van der Waals surface area contributed by atoms with Crippen molar-refractivity contribution in [3.05, 3.63) is 30.1 Å². The number of aromatic nitrogens is 1. The minimum Gasteiger partial charge on any atom is -0.264 e. The Balaban J connectivity index is 2.18. The minimum atomic E-state index is 0.757. The summed E-state index contributed by atoms with van der Waals surface area (Å²) < 4.78 is 0. The van der Waals surface area contributed by atoms with E-state index in [2.05, 4.69) is 37.2 Å². The van der Waals surface area contributed by atoms with Gasteiger partial charge >= 0.3 is 0 Å². The molecule has 0 radical (unpaired) electrons. The summed E-state index contributed by atoms with van der Waals surface area (Å²) in [7, 11) is 0. The summed E-state index contributed by atoms with van der Waals surface area (Å²) >= 11 is 0. The molecule has 0 aromatic carbocycles. The van der Waals surface area contributed by atoms with Crippen LogP contribution in [0.3, 0.4) is 0 Å². The summed E-state index contributed by atoms with van der Waals surface area (Å²) in [5.41, 5.74) is 1.45. The van der Waals surface area contributed by atoms with Gasteiger partial charge < -0.3 is 0 Å². The topological polar surface area (TPSA) is 12.9 Å². The molecule has 1 saturated carbocycles. The van der Waals surface area contributed by atoms with E-state index in [1.165, 1.54) is 31.2 Å². The van der Waals surface area contributed by atoms with Crippen molar-refractivity contribution in [2.24, 2.45) is 11.8 Å². The second kappa shape index (κ2) is 4.78. The first kappa shape index (κ1) is 10.7. The smallest absolute Gasteiger partial charge is 0.0302 e. The molecular formula is C14H21N. The maximum absolute atomic E-state index is 4.25. The zero-order chi connectivity index (χ0) is 10.7. The highest BCUT2D eigenvalue weighted by Gasteiger charge is 2.28. The molecular weight excluding hydrogens is 182 g/mol. The SMILES string of the molecule is CC(C)[C@@H]1CCCC[C@H]1c1cccnc1. The lowest BCUT2D eigenvalue weighted by atomic mass is 9.71. The fourth-order valence-corrected chi connectivity index (χ4v) is 2.97. The first-order valence-corrected chi connectivity index (χ1v) is 6.19. The van der Waals surface area contributed by atoms with Gasteiger partial charge in [0.15, 0.2) is 0 Å². The lowest BCUT2D eigenvalue weighted by Crippen LogP contribution is -2.22. The van der Waals surface area contributed by atoms with E-state index in [0.717, 1.165) is 17.8 Å². The van der Waals surface area contributed by atoms with E-state index in [1.807, 2.05) is 6.20 Å². The first-order valence-electron chi connectivity index (χ1n) is 6.19. The number of nitrogens with zero attached hydrogens (tertiary/aromatic N) is 1. The number of pyridine rings is 1. The average molecular weight is 203 g/mol. The monoisotopic (exact) mass is 203 g/mol. The highest BCUT2D eigenvalue weighted by Crippen LogP contribution is 2.41. The fourth-order valence-electron chi connectivity index (χ4n) is 2.97. The molecule has 0 amide bonds. The van der Waals surface area contributed by atoms with Crippen LogP contribution >= 0.6 is 0 Å². The molecule has 1 aromatic rings. The molecule has 1 fully saturated rings. The van der Waals surface area contributed by atoms with Gasteiger partial charge in [-0.3, -0.25) is 4.98 Å². The normalized spacial score (nSPS) is 26.9. The molecule has 1 aliphatic carbocycles. The van der Waals surface area contributed by atoms with Crippen molar-refractivity contribution in [3.8, 4) is 0 Å². The van der Waals surface area contributed by atoms with Gasteiger partial charge in [0.1, 0.15) is 0 Å². The van der Waals surface area contributed by atoms with Gasteiger partial charge in [-0.2, -0.15) is 0 Å². The van der Waals surface area contributed by atoms with Crippen LogP contribution in [0.1, 0.15) is 51.0 Å². The Morgan fingerprint density at radius 3 is 2.73 bits per heavy atom. The lowest BCUT2D eigenvalue weighted by molar-refractivity contribution is 0.238. The Bertz CT molecular complexity index is 291. The van der Waals surface area contributed by atoms with E-state index in [-0.39, 0.29) is 0 Å².